The van der Waals surface area contributed by atoms with E-state index in [4.69, 9.17) is 0 Å². The average Bonchev–Trinajstić information content (AvgIpc) is 2.93. The number of halogens is 3. The van der Waals surface area contributed by atoms with Crippen LogP contribution in [0.1, 0.15) is 10.6 Å². The second kappa shape index (κ2) is 4.75. The van der Waals surface area contributed by atoms with Gasteiger partial charge in [-0.2, -0.15) is 18.3 Å². The van der Waals surface area contributed by atoms with Gasteiger partial charge in [-0.25, -0.2) is 0 Å². The molecule has 0 aromatic carbocycles. The predicted molar refractivity (Wildman–Crippen MR) is 57.1 cm³/mol. The summed E-state index contributed by atoms with van der Waals surface area (Å²) in [7, 11) is 1.69. The number of rotatable bonds is 3. The molecule has 2 heterocycles. The highest BCUT2D eigenvalue weighted by atomic mass is 19.4. The standard InChI is InChI=1S/C10H9F3N4O2/c1-17-4-6(3-15-17)7-2-8(19-16-7)9(18)14-5-10(11,12)13/h2-4H,5H2,1H3,(H,14,18). The minimum atomic E-state index is -4.47. The molecule has 0 saturated heterocycles. The summed E-state index contributed by atoms with van der Waals surface area (Å²) in [5.74, 6) is -1.26. The summed E-state index contributed by atoms with van der Waals surface area (Å²) in [4.78, 5) is 11.4. The molecule has 0 aliphatic rings. The van der Waals surface area contributed by atoms with Gasteiger partial charge in [0.05, 0.1) is 6.20 Å². The van der Waals surface area contributed by atoms with Crippen LogP contribution in [0, 0.1) is 0 Å². The Morgan fingerprint density at radius 1 is 1.53 bits per heavy atom. The minimum absolute atomic E-state index is 0.289. The largest absolute Gasteiger partial charge is 0.405 e. The smallest absolute Gasteiger partial charge is 0.350 e. The van der Waals surface area contributed by atoms with Crippen molar-refractivity contribution >= 4 is 5.91 Å². The zero-order chi connectivity index (χ0) is 14.0. The molecule has 2 aromatic rings. The van der Waals surface area contributed by atoms with Gasteiger partial charge in [-0.15, -0.1) is 0 Å². The molecular formula is C10H9F3N4O2. The van der Waals surface area contributed by atoms with Crippen LogP contribution in [-0.4, -0.2) is 33.6 Å². The fourth-order valence-electron chi connectivity index (χ4n) is 1.34. The fraction of sp³-hybridized carbons (Fsp3) is 0.300. The SMILES string of the molecule is Cn1cc(-c2cc(C(=O)NCC(F)(F)F)on2)cn1. The van der Waals surface area contributed by atoms with E-state index < -0.39 is 18.6 Å². The van der Waals surface area contributed by atoms with Crippen LogP contribution < -0.4 is 5.32 Å². The van der Waals surface area contributed by atoms with Gasteiger partial charge in [0.25, 0.3) is 5.91 Å². The molecule has 0 bridgehead atoms. The van der Waals surface area contributed by atoms with Crippen molar-refractivity contribution in [2.45, 2.75) is 6.18 Å². The van der Waals surface area contributed by atoms with E-state index in [0.29, 0.717) is 11.3 Å². The predicted octanol–water partition coefficient (Wildman–Crippen LogP) is 1.37. The van der Waals surface area contributed by atoms with Gasteiger partial charge < -0.3 is 9.84 Å². The van der Waals surface area contributed by atoms with E-state index >= 15 is 0 Å². The molecule has 1 amide bonds. The second-order valence-electron chi connectivity index (χ2n) is 3.78. The maximum Gasteiger partial charge on any atom is 0.405 e. The van der Waals surface area contributed by atoms with Crippen LogP contribution >= 0.6 is 0 Å². The van der Waals surface area contributed by atoms with Crippen LogP contribution in [0.4, 0.5) is 13.2 Å². The van der Waals surface area contributed by atoms with E-state index in [2.05, 4.69) is 14.8 Å². The maximum absolute atomic E-state index is 11.9. The maximum atomic E-state index is 11.9. The van der Waals surface area contributed by atoms with Crippen molar-refractivity contribution in [3.63, 3.8) is 0 Å². The number of nitrogens with zero attached hydrogens (tertiary/aromatic N) is 3. The van der Waals surface area contributed by atoms with Crippen molar-refractivity contribution < 1.29 is 22.5 Å². The molecule has 2 rings (SSSR count). The first-order chi connectivity index (χ1) is 8.85. The second-order valence-corrected chi connectivity index (χ2v) is 3.78. The van der Waals surface area contributed by atoms with Gasteiger partial charge in [0.1, 0.15) is 12.2 Å². The Bertz CT molecular complexity index is 588. The third-order valence-corrected chi connectivity index (χ3v) is 2.18. The lowest BCUT2D eigenvalue weighted by Gasteiger charge is -2.05. The first-order valence-corrected chi connectivity index (χ1v) is 5.16. The summed E-state index contributed by atoms with van der Waals surface area (Å²) in [5.41, 5.74) is 0.923. The Morgan fingerprint density at radius 3 is 2.84 bits per heavy atom. The normalized spacial score (nSPS) is 11.6. The van der Waals surface area contributed by atoms with Gasteiger partial charge in [0.15, 0.2) is 0 Å². The van der Waals surface area contributed by atoms with E-state index in [-0.39, 0.29) is 5.76 Å². The molecule has 102 valence electrons. The Balaban J connectivity index is 2.07. The van der Waals surface area contributed by atoms with Crippen LogP contribution in [0.3, 0.4) is 0 Å². The molecule has 2 aromatic heterocycles. The Hall–Kier alpha value is -2.32. The van der Waals surface area contributed by atoms with E-state index in [1.807, 2.05) is 0 Å². The average molecular weight is 274 g/mol. The van der Waals surface area contributed by atoms with Crippen LogP contribution in [0.15, 0.2) is 23.0 Å². The summed E-state index contributed by atoms with van der Waals surface area (Å²) in [6, 6.07) is 1.25. The molecule has 19 heavy (non-hydrogen) atoms. The zero-order valence-electron chi connectivity index (χ0n) is 9.73. The van der Waals surface area contributed by atoms with Gasteiger partial charge in [0, 0.05) is 24.9 Å². The van der Waals surface area contributed by atoms with Crippen molar-refractivity contribution in [3.05, 3.63) is 24.2 Å². The molecule has 1 N–H and O–H groups in total. The molecule has 0 spiro atoms. The third-order valence-electron chi connectivity index (χ3n) is 2.18. The molecule has 6 nitrogen and oxygen atoms in total. The molecule has 0 fully saturated rings. The van der Waals surface area contributed by atoms with Crippen LogP contribution in [0.2, 0.25) is 0 Å². The monoisotopic (exact) mass is 274 g/mol. The fourth-order valence-corrected chi connectivity index (χ4v) is 1.34. The number of hydrogen-bond donors (Lipinski definition) is 1. The number of carbonyl (C=O) groups is 1. The third kappa shape index (κ3) is 3.33. The highest BCUT2D eigenvalue weighted by Crippen LogP contribution is 2.18. The number of nitrogens with one attached hydrogen (secondary N) is 1. The van der Waals surface area contributed by atoms with Crippen molar-refractivity contribution in [1.82, 2.24) is 20.3 Å². The van der Waals surface area contributed by atoms with E-state index in [1.54, 1.807) is 18.6 Å². The number of aryl methyl sites for hydroxylation is 1. The highest BCUT2D eigenvalue weighted by Gasteiger charge is 2.28. The van der Waals surface area contributed by atoms with Gasteiger partial charge in [-0.05, 0) is 0 Å². The van der Waals surface area contributed by atoms with Crippen molar-refractivity contribution in [3.8, 4) is 11.3 Å². The number of alkyl halides is 3. The number of amides is 1. The van der Waals surface area contributed by atoms with Gasteiger partial charge in [-0.3, -0.25) is 9.48 Å². The molecule has 0 saturated carbocycles. The summed E-state index contributed by atoms with van der Waals surface area (Å²) >= 11 is 0. The minimum Gasteiger partial charge on any atom is -0.350 e. The highest BCUT2D eigenvalue weighted by molar-refractivity contribution is 5.92. The lowest BCUT2D eigenvalue weighted by Crippen LogP contribution is -2.33. The lowest BCUT2D eigenvalue weighted by atomic mass is 10.2. The molecule has 0 aliphatic carbocycles. The Labute approximate surface area is 105 Å². The topological polar surface area (TPSA) is 73.0 Å². The summed E-state index contributed by atoms with van der Waals surface area (Å²) in [5, 5.41) is 9.19. The van der Waals surface area contributed by atoms with Crippen LogP contribution in [0.25, 0.3) is 11.3 Å². The Morgan fingerprint density at radius 2 is 2.26 bits per heavy atom. The van der Waals surface area contributed by atoms with Crippen molar-refractivity contribution in [2.24, 2.45) is 7.05 Å². The molecule has 9 heteroatoms. The van der Waals surface area contributed by atoms with Gasteiger partial charge in [0.2, 0.25) is 5.76 Å². The van der Waals surface area contributed by atoms with E-state index in [0.717, 1.165) is 0 Å². The molecule has 0 radical (unpaired) electrons. The van der Waals surface area contributed by atoms with Gasteiger partial charge >= 0.3 is 6.18 Å². The van der Waals surface area contributed by atoms with Crippen LogP contribution in [0.5, 0.6) is 0 Å². The van der Waals surface area contributed by atoms with E-state index in [9.17, 15) is 18.0 Å². The summed E-state index contributed by atoms with van der Waals surface area (Å²) < 4.78 is 42.0. The molecule has 0 atom stereocenters. The lowest BCUT2D eigenvalue weighted by molar-refractivity contribution is -0.123. The molecule has 0 aliphatic heterocycles. The number of aromatic nitrogens is 3. The molecular weight excluding hydrogens is 265 g/mol. The molecule has 0 unspecified atom stereocenters. The Kier molecular flexibility index (Phi) is 3.28. The zero-order valence-corrected chi connectivity index (χ0v) is 9.73. The van der Waals surface area contributed by atoms with E-state index in [1.165, 1.54) is 16.9 Å². The first kappa shape index (κ1) is 13.1. The quantitative estimate of drug-likeness (QED) is 0.917. The van der Waals surface area contributed by atoms with Crippen molar-refractivity contribution in [1.29, 1.82) is 0 Å². The summed E-state index contributed by atoms with van der Waals surface area (Å²) in [6.45, 7) is -1.42. The number of carbonyl (C=O) groups excluding carboxylic acids is 1. The number of hydrogen-bond acceptors (Lipinski definition) is 4. The summed E-state index contributed by atoms with van der Waals surface area (Å²) in [6.07, 6.45) is -1.34. The van der Waals surface area contributed by atoms with Crippen LogP contribution in [-0.2, 0) is 7.05 Å². The first-order valence-electron chi connectivity index (χ1n) is 5.16. The van der Waals surface area contributed by atoms with Gasteiger partial charge in [-0.1, -0.05) is 5.16 Å². The van der Waals surface area contributed by atoms with Crippen molar-refractivity contribution in [2.75, 3.05) is 6.54 Å².